The third-order valence-electron chi connectivity index (χ3n) is 7.47. The molecule has 2 heterocycles. The van der Waals surface area contributed by atoms with Gasteiger partial charge in [-0.05, 0) is 49.6 Å². The van der Waals surface area contributed by atoms with Gasteiger partial charge in [0.1, 0.15) is 5.82 Å². The van der Waals surface area contributed by atoms with Crippen LogP contribution in [0.25, 0.3) is 16.8 Å². The Balaban J connectivity index is 1.33. The van der Waals surface area contributed by atoms with Gasteiger partial charge in [0, 0.05) is 50.3 Å². The average Bonchev–Trinajstić information content (AvgIpc) is 3.24. The minimum atomic E-state index is -0.160. The lowest BCUT2D eigenvalue weighted by Crippen LogP contribution is -2.52. The SMILES string of the molecule is CC(=O)Nc1c(-c2ccccc2)c(C)nn1-c1ccc(C(=O)N2CCN(C3CCCCC3)CC2)cc1. The Labute approximate surface area is 213 Å². The van der Waals surface area contributed by atoms with Gasteiger partial charge in [-0.15, -0.1) is 0 Å². The first-order valence-corrected chi connectivity index (χ1v) is 13.1. The van der Waals surface area contributed by atoms with Crippen molar-refractivity contribution in [3.05, 3.63) is 65.9 Å². The van der Waals surface area contributed by atoms with Crippen LogP contribution in [0.15, 0.2) is 54.6 Å². The summed E-state index contributed by atoms with van der Waals surface area (Å²) >= 11 is 0. The van der Waals surface area contributed by atoms with E-state index >= 15 is 0 Å². The number of rotatable bonds is 5. The lowest BCUT2D eigenvalue weighted by atomic mass is 9.94. The molecule has 0 unspecified atom stereocenters. The van der Waals surface area contributed by atoms with E-state index in [1.807, 2.05) is 66.4 Å². The summed E-state index contributed by atoms with van der Waals surface area (Å²) in [5.41, 5.74) is 4.17. The number of benzene rings is 2. The van der Waals surface area contributed by atoms with Crippen molar-refractivity contribution in [1.29, 1.82) is 0 Å². The van der Waals surface area contributed by atoms with Crippen molar-refractivity contribution in [2.24, 2.45) is 0 Å². The Morgan fingerprint density at radius 3 is 2.19 bits per heavy atom. The number of aryl methyl sites for hydroxylation is 1. The van der Waals surface area contributed by atoms with Crippen LogP contribution in [0.5, 0.6) is 0 Å². The second-order valence-corrected chi connectivity index (χ2v) is 9.93. The van der Waals surface area contributed by atoms with Gasteiger partial charge in [-0.2, -0.15) is 5.10 Å². The molecule has 36 heavy (non-hydrogen) atoms. The highest BCUT2D eigenvalue weighted by Gasteiger charge is 2.27. The van der Waals surface area contributed by atoms with E-state index in [-0.39, 0.29) is 11.8 Å². The zero-order valence-electron chi connectivity index (χ0n) is 21.2. The predicted octanol–water partition coefficient (Wildman–Crippen LogP) is 4.90. The van der Waals surface area contributed by atoms with Crippen LogP contribution in [0.3, 0.4) is 0 Å². The minimum Gasteiger partial charge on any atom is -0.336 e. The van der Waals surface area contributed by atoms with E-state index in [4.69, 9.17) is 5.10 Å². The predicted molar refractivity (Wildman–Crippen MR) is 142 cm³/mol. The fourth-order valence-corrected chi connectivity index (χ4v) is 5.61. The van der Waals surface area contributed by atoms with Crippen LogP contribution in [0.1, 0.15) is 55.1 Å². The topological polar surface area (TPSA) is 70.5 Å². The van der Waals surface area contributed by atoms with Gasteiger partial charge in [-0.25, -0.2) is 4.68 Å². The maximum absolute atomic E-state index is 13.2. The maximum Gasteiger partial charge on any atom is 0.253 e. The first-order valence-electron chi connectivity index (χ1n) is 13.1. The molecule has 0 spiro atoms. The van der Waals surface area contributed by atoms with Crippen LogP contribution in [0, 0.1) is 6.92 Å². The number of anilines is 1. The van der Waals surface area contributed by atoms with Crippen molar-refractivity contribution >= 4 is 17.6 Å². The number of carbonyl (C=O) groups excluding carboxylic acids is 2. The van der Waals surface area contributed by atoms with Crippen LogP contribution >= 0.6 is 0 Å². The molecule has 1 saturated carbocycles. The Morgan fingerprint density at radius 1 is 0.889 bits per heavy atom. The Kier molecular flexibility index (Phi) is 7.18. The molecule has 2 fully saturated rings. The van der Waals surface area contributed by atoms with Gasteiger partial charge in [0.2, 0.25) is 5.91 Å². The van der Waals surface area contributed by atoms with Crippen LogP contribution in [0.2, 0.25) is 0 Å². The highest BCUT2D eigenvalue weighted by atomic mass is 16.2. The number of amides is 2. The smallest absolute Gasteiger partial charge is 0.253 e. The molecule has 1 aromatic heterocycles. The number of aromatic nitrogens is 2. The normalized spacial score (nSPS) is 17.2. The van der Waals surface area contributed by atoms with Gasteiger partial charge in [-0.3, -0.25) is 14.5 Å². The summed E-state index contributed by atoms with van der Waals surface area (Å²) in [5, 5.41) is 7.69. The first-order chi connectivity index (χ1) is 17.5. The molecule has 7 heteroatoms. The molecule has 1 aliphatic carbocycles. The molecule has 2 amide bonds. The summed E-state index contributed by atoms with van der Waals surface area (Å²) in [4.78, 5) is 29.8. The molecular weight excluding hydrogens is 450 g/mol. The fourth-order valence-electron chi connectivity index (χ4n) is 5.61. The lowest BCUT2D eigenvalue weighted by molar-refractivity contribution is -0.114. The zero-order valence-corrected chi connectivity index (χ0v) is 21.2. The number of nitrogens with one attached hydrogen (secondary N) is 1. The fraction of sp³-hybridized carbons (Fsp3) is 0.414. The zero-order chi connectivity index (χ0) is 25.1. The van der Waals surface area contributed by atoms with Gasteiger partial charge >= 0.3 is 0 Å². The second kappa shape index (κ2) is 10.7. The van der Waals surface area contributed by atoms with Crippen LogP contribution in [-0.4, -0.2) is 63.6 Å². The molecular formula is C29H35N5O2. The number of piperazine rings is 1. The van der Waals surface area contributed by atoms with Crippen LogP contribution in [0.4, 0.5) is 5.82 Å². The van der Waals surface area contributed by atoms with Gasteiger partial charge in [0.15, 0.2) is 0 Å². The van der Waals surface area contributed by atoms with Crippen molar-refractivity contribution in [1.82, 2.24) is 19.6 Å². The Bertz CT molecular complexity index is 1200. The van der Waals surface area contributed by atoms with Crippen LogP contribution in [-0.2, 0) is 4.79 Å². The molecule has 1 aliphatic heterocycles. The van der Waals surface area contributed by atoms with Crippen molar-refractivity contribution in [2.45, 2.75) is 52.0 Å². The van der Waals surface area contributed by atoms with E-state index in [2.05, 4.69) is 10.2 Å². The molecule has 1 N–H and O–H groups in total. The summed E-state index contributed by atoms with van der Waals surface area (Å²) < 4.78 is 1.75. The third-order valence-corrected chi connectivity index (χ3v) is 7.47. The van der Waals surface area contributed by atoms with E-state index in [0.29, 0.717) is 17.4 Å². The monoisotopic (exact) mass is 485 g/mol. The number of hydrogen-bond donors (Lipinski definition) is 1. The number of hydrogen-bond acceptors (Lipinski definition) is 4. The molecule has 3 aromatic rings. The summed E-state index contributed by atoms with van der Waals surface area (Å²) in [6.45, 7) is 6.92. The minimum absolute atomic E-state index is 0.0774. The first kappa shape index (κ1) is 24.3. The lowest BCUT2D eigenvalue weighted by Gasteiger charge is -2.40. The molecule has 1 saturated heterocycles. The van der Waals surface area contributed by atoms with Gasteiger partial charge in [0.25, 0.3) is 5.91 Å². The van der Waals surface area contributed by atoms with Gasteiger partial charge in [-0.1, -0.05) is 49.6 Å². The summed E-state index contributed by atoms with van der Waals surface area (Å²) in [7, 11) is 0. The molecule has 2 aromatic carbocycles. The van der Waals surface area contributed by atoms with Crippen LogP contribution < -0.4 is 5.32 Å². The van der Waals surface area contributed by atoms with Crippen molar-refractivity contribution in [3.63, 3.8) is 0 Å². The van der Waals surface area contributed by atoms with Gasteiger partial charge < -0.3 is 10.2 Å². The van der Waals surface area contributed by atoms with E-state index < -0.39 is 0 Å². The molecule has 5 rings (SSSR count). The summed E-state index contributed by atoms with van der Waals surface area (Å²) in [6.07, 6.45) is 6.64. The Hall–Kier alpha value is -3.45. The van der Waals surface area contributed by atoms with E-state index in [0.717, 1.165) is 48.7 Å². The summed E-state index contributed by atoms with van der Waals surface area (Å²) in [6, 6.07) is 18.2. The van der Waals surface area contributed by atoms with Crippen molar-refractivity contribution < 1.29 is 9.59 Å². The number of carbonyl (C=O) groups is 2. The maximum atomic E-state index is 13.2. The molecule has 0 atom stereocenters. The van der Waals surface area contributed by atoms with E-state index in [1.54, 1.807) is 4.68 Å². The second-order valence-electron chi connectivity index (χ2n) is 9.93. The molecule has 0 bridgehead atoms. The standard InChI is InChI=1S/C29H35N5O2/c1-21-27(23-9-5-3-6-10-23)28(30-22(2)35)34(31-21)26-15-13-24(14-16-26)29(36)33-19-17-32(18-20-33)25-11-7-4-8-12-25/h3,5-6,9-10,13-16,25H,4,7-8,11-12,17-20H2,1-2H3,(H,30,35). The molecule has 2 aliphatic rings. The summed E-state index contributed by atoms with van der Waals surface area (Å²) in [5.74, 6) is 0.546. The highest BCUT2D eigenvalue weighted by Crippen LogP contribution is 2.33. The van der Waals surface area contributed by atoms with Crippen molar-refractivity contribution in [3.8, 4) is 16.8 Å². The van der Waals surface area contributed by atoms with Crippen molar-refractivity contribution in [2.75, 3.05) is 31.5 Å². The average molecular weight is 486 g/mol. The number of nitrogens with zero attached hydrogens (tertiary/aromatic N) is 4. The third kappa shape index (κ3) is 5.07. The molecule has 7 nitrogen and oxygen atoms in total. The van der Waals surface area contributed by atoms with Gasteiger partial charge in [0.05, 0.1) is 11.4 Å². The largest absolute Gasteiger partial charge is 0.336 e. The Morgan fingerprint density at radius 2 is 1.56 bits per heavy atom. The highest BCUT2D eigenvalue weighted by molar-refractivity contribution is 5.95. The quantitative estimate of drug-likeness (QED) is 0.558. The van der Waals surface area contributed by atoms with E-state index in [9.17, 15) is 9.59 Å². The molecule has 0 radical (unpaired) electrons. The van der Waals surface area contributed by atoms with E-state index in [1.165, 1.54) is 39.0 Å². The molecule has 188 valence electrons.